The summed E-state index contributed by atoms with van der Waals surface area (Å²) in [6, 6.07) is 11.9. The van der Waals surface area contributed by atoms with Crippen LogP contribution in [-0.2, 0) is 4.79 Å². The highest BCUT2D eigenvalue weighted by Gasteiger charge is 2.24. The van der Waals surface area contributed by atoms with Crippen LogP contribution >= 0.6 is 23.4 Å². The number of amides is 3. The average molecular weight is 433 g/mol. The molecule has 29 heavy (non-hydrogen) atoms. The molecule has 0 spiro atoms. The number of carbonyl (C=O) groups is 3. The van der Waals surface area contributed by atoms with Gasteiger partial charge in [0.15, 0.2) is 0 Å². The first kappa shape index (κ1) is 20.8. The first-order valence-corrected chi connectivity index (χ1v) is 9.75. The minimum atomic E-state index is -0.396. The Morgan fingerprint density at radius 3 is 2.62 bits per heavy atom. The van der Waals surface area contributed by atoms with Gasteiger partial charge in [0, 0.05) is 5.02 Å². The summed E-state index contributed by atoms with van der Waals surface area (Å²) in [5.41, 5.74) is 1.12. The first-order chi connectivity index (χ1) is 14.0. The Morgan fingerprint density at radius 2 is 1.97 bits per heavy atom. The highest BCUT2D eigenvalue weighted by molar-refractivity contribution is 8.18. The van der Waals surface area contributed by atoms with Crippen LogP contribution in [0.5, 0.6) is 11.5 Å². The number of nitrogens with one attached hydrogen (secondary N) is 2. The topological polar surface area (TPSA) is 93.7 Å². The lowest BCUT2D eigenvalue weighted by atomic mass is 10.2. The summed E-state index contributed by atoms with van der Waals surface area (Å²) < 4.78 is 10.8. The summed E-state index contributed by atoms with van der Waals surface area (Å²) in [7, 11) is 1.48. The van der Waals surface area contributed by atoms with Gasteiger partial charge in [0.05, 0.1) is 24.1 Å². The third-order valence-corrected chi connectivity index (χ3v) is 4.93. The van der Waals surface area contributed by atoms with Crippen molar-refractivity contribution in [3.63, 3.8) is 0 Å². The lowest BCUT2D eigenvalue weighted by Gasteiger charge is -2.10. The predicted octanol–water partition coefficient (Wildman–Crippen LogP) is 3.48. The molecule has 2 N–H and O–H groups in total. The van der Waals surface area contributed by atoms with E-state index in [1.54, 1.807) is 48.5 Å². The van der Waals surface area contributed by atoms with Crippen LogP contribution < -0.4 is 20.1 Å². The largest absolute Gasteiger partial charge is 0.496 e. The van der Waals surface area contributed by atoms with E-state index in [4.69, 9.17) is 21.1 Å². The van der Waals surface area contributed by atoms with Gasteiger partial charge in [-0.2, -0.15) is 0 Å². The van der Waals surface area contributed by atoms with E-state index in [0.29, 0.717) is 33.5 Å². The molecule has 0 radical (unpaired) electrons. The van der Waals surface area contributed by atoms with Gasteiger partial charge in [0.1, 0.15) is 18.1 Å². The van der Waals surface area contributed by atoms with Crippen LogP contribution in [-0.4, -0.2) is 37.3 Å². The first-order valence-electron chi connectivity index (χ1n) is 8.56. The van der Waals surface area contributed by atoms with Gasteiger partial charge < -0.3 is 14.8 Å². The number of benzene rings is 2. The molecule has 0 atom stereocenters. The number of rotatable bonds is 7. The van der Waals surface area contributed by atoms with E-state index in [2.05, 4.69) is 10.6 Å². The number of hydrogen-bond acceptors (Lipinski definition) is 6. The number of imide groups is 1. The Balaban J connectivity index is 1.49. The molecule has 0 unspecified atom stereocenters. The van der Waals surface area contributed by atoms with Crippen molar-refractivity contribution in [3.05, 3.63) is 63.5 Å². The fourth-order valence-corrected chi connectivity index (χ4v) is 3.37. The molecular weight excluding hydrogens is 416 g/mol. The Hall–Kier alpha value is -2.97. The lowest BCUT2D eigenvalue weighted by Crippen LogP contribution is -2.28. The fraction of sp³-hybridized carbons (Fsp3) is 0.150. The Labute approximate surface area is 176 Å². The quantitative estimate of drug-likeness (QED) is 0.514. The molecule has 2 aromatic carbocycles. The molecule has 3 rings (SSSR count). The second-order valence-corrected chi connectivity index (χ2v) is 7.32. The maximum atomic E-state index is 12.3. The minimum absolute atomic E-state index is 0.266. The molecular formula is C20H17ClN2O5S. The van der Waals surface area contributed by atoms with Gasteiger partial charge in [-0.3, -0.25) is 19.7 Å². The highest BCUT2D eigenvalue weighted by atomic mass is 35.5. The van der Waals surface area contributed by atoms with Crippen LogP contribution in [0, 0.1) is 0 Å². The van der Waals surface area contributed by atoms with E-state index in [1.165, 1.54) is 7.11 Å². The maximum absolute atomic E-state index is 12.3. The van der Waals surface area contributed by atoms with Crippen LogP contribution in [0.2, 0.25) is 5.02 Å². The summed E-state index contributed by atoms with van der Waals surface area (Å²) in [4.78, 5) is 35.4. The molecule has 150 valence electrons. The molecule has 7 nitrogen and oxygen atoms in total. The van der Waals surface area contributed by atoms with Gasteiger partial charge >= 0.3 is 0 Å². The fourth-order valence-electron chi connectivity index (χ4n) is 2.52. The standard InChI is InChI=1S/C20H17ClN2O5S/c1-27-16-7-4-13(21)11-15(16)18(24)22-8-9-28-14-5-2-12(3-6-14)10-17-19(25)23-20(26)29-17/h2-7,10-11H,8-9H2,1H3,(H,22,24)(H,23,25,26)/b17-10-. The minimum Gasteiger partial charge on any atom is -0.496 e. The zero-order valence-corrected chi connectivity index (χ0v) is 16.9. The van der Waals surface area contributed by atoms with Crippen molar-refractivity contribution in [2.24, 2.45) is 0 Å². The second kappa shape index (κ2) is 9.49. The number of ether oxygens (including phenoxy) is 2. The van der Waals surface area contributed by atoms with Crippen LogP contribution in [0.4, 0.5) is 4.79 Å². The number of halogens is 1. The van der Waals surface area contributed by atoms with Crippen molar-refractivity contribution in [2.75, 3.05) is 20.3 Å². The third-order valence-electron chi connectivity index (χ3n) is 3.88. The lowest BCUT2D eigenvalue weighted by molar-refractivity contribution is -0.115. The Bertz CT molecular complexity index is 975. The maximum Gasteiger partial charge on any atom is 0.290 e. The van der Waals surface area contributed by atoms with Crippen LogP contribution in [0.15, 0.2) is 47.4 Å². The molecule has 1 saturated heterocycles. The van der Waals surface area contributed by atoms with Gasteiger partial charge in [-0.15, -0.1) is 0 Å². The van der Waals surface area contributed by atoms with Crippen molar-refractivity contribution in [1.82, 2.24) is 10.6 Å². The van der Waals surface area contributed by atoms with Crippen molar-refractivity contribution in [3.8, 4) is 11.5 Å². The smallest absolute Gasteiger partial charge is 0.290 e. The number of thioether (sulfide) groups is 1. The molecule has 0 saturated carbocycles. The molecule has 1 heterocycles. The van der Waals surface area contributed by atoms with E-state index < -0.39 is 5.91 Å². The predicted molar refractivity (Wildman–Crippen MR) is 111 cm³/mol. The van der Waals surface area contributed by atoms with Crippen LogP contribution in [0.1, 0.15) is 15.9 Å². The molecule has 3 amide bonds. The number of hydrogen-bond donors (Lipinski definition) is 2. The van der Waals surface area contributed by atoms with E-state index in [0.717, 1.165) is 17.3 Å². The summed E-state index contributed by atoms with van der Waals surface area (Å²) in [6.07, 6.45) is 1.63. The van der Waals surface area contributed by atoms with Gasteiger partial charge in [-0.1, -0.05) is 23.7 Å². The van der Waals surface area contributed by atoms with E-state index in [-0.39, 0.29) is 17.8 Å². The molecule has 0 aliphatic carbocycles. The van der Waals surface area contributed by atoms with E-state index >= 15 is 0 Å². The van der Waals surface area contributed by atoms with Crippen molar-refractivity contribution >= 4 is 46.5 Å². The van der Waals surface area contributed by atoms with E-state index in [1.807, 2.05) is 0 Å². The highest BCUT2D eigenvalue weighted by Crippen LogP contribution is 2.26. The molecule has 0 bridgehead atoms. The molecule has 1 aliphatic heterocycles. The Kier molecular flexibility index (Phi) is 6.79. The summed E-state index contributed by atoms with van der Waals surface area (Å²) >= 11 is 6.80. The molecule has 0 aromatic heterocycles. The van der Waals surface area contributed by atoms with Gasteiger partial charge in [0.2, 0.25) is 0 Å². The summed E-state index contributed by atoms with van der Waals surface area (Å²) in [6.45, 7) is 0.557. The van der Waals surface area contributed by atoms with E-state index in [9.17, 15) is 14.4 Å². The molecule has 2 aromatic rings. The van der Waals surface area contributed by atoms with Gasteiger partial charge in [-0.25, -0.2) is 0 Å². The van der Waals surface area contributed by atoms with Crippen LogP contribution in [0.3, 0.4) is 0 Å². The van der Waals surface area contributed by atoms with Crippen molar-refractivity contribution in [2.45, 2.75) is 0 Å². The SMILES string of the molecule is COc1ccc(Cl)cc1C(=O)NCCOc1ccc(/C=C2\SC(=O)NC2=O)cc1. The van der Waals surface area contributed by atoms with Gasteiger partial charge in [-0.05, 0) is 53.7 Å². The number of methoxy groups -OCH3 is 1. The zero-order chi connectivity index (χ0) is 20.8. The molecule has 9 heteroatoms. The van der Waals surface area contributed by atoms with Crippen molar-refractivity contribution in [1.29, 1.82) is 0 Å². The van der Waals surface area contributed by atoms with Crippen LogP contribution in [0.25, 0.3) is 6.08 Å². The molecule has 1 aliphatic rings. The zero-order valence-electron chi connectivity index (χ0n) is 15.4. The molecule has 1 fully saturated rings. The average Bonchev–Trinajstić information content (AvgIpc) is 3.03. The summed E-state index contributed by atoms with van der Waals surface area (Å²) in [5.74, 6) is 0.346. The van der Waals surface area contributed by atoms with Gasteiger partial charge in [0.25, 0.3) is 17.1 Å². The Morgan fingerprint density at radius 1 is 1.21 bits per heavy atom. The normalized spacial score (nSPS) is 14.6. The number of carbonyl (C=O) groups excluding carboxylic acids is 3. The van der Waals surface area contributed by atoms with Crippen molar-refractivity contribution < 1.29 is 23.9 Å². The second-order valence-electron chi connectivity index (χ2n) is 5.87. The summed E-state index contributed by atoms with van der Waals surface area (Å²) in [5, 5.41) is 5.02. The monoisotopic (exact) mass is 432 g/mol. The third kappa shape index (κ3) is 5.52.